The van der Waals surface area contributed by atoms with Crippen LogP contribution in [0, 0.1) is 5.92 Å². The lowest BCUT2D eigenvalue weighted by Crippen LogP contribution is -2.47. The monoisotopic (exact) mass is 331 g/mol. The molecule has 1 aromatic carbocycles. The van der Waals surface area contributed by atoms with Gasteiger partial charge in [0.25, 0.3) is 0 Å². The number of nitrogens with one attached hydrogen (secondary N) is 1. The summed E-state index contributed by atoms with van der Waals surface area (Å²) < 4.78 is 0. The van der Waals surface area contributed by atoms with E-state index >= 15 is 0 Å². The summed E-state index contributed by atoms with van der Waals surface area (Å²) in [6, 6.07) is 8.00. The van der Waals surface area contributed by atoms with E-state index in [1.165, 1.54) is 18.5 Å². The molecule has 3 rings (SSSR count). The van der Waals surface area contributed by atoms with E-state index in [2.05, 4.69) is 27.2 Å². The highest BCUT2D eigenvalue weighted by Crippen LogP contribution is 2.23. The first-order chi connectivity index (χ1) is 11.7. The van der Waals surface area contributed by atoms with Gasteiger partial charge in [0.05, 0.1) is 6.04 Å². The molecule has 2 atom stereocenters. The van der Waals surface area contributed by atoms with Gasteiger partial charge in [-0.05, 0) is 69.3 Å². The summed E-state index contributed by atoms with van der Waals surface area (Å²) in [5, 5.41) is 12.4. The smallest absolute Gasteiger partial charge is 0.241 e. The number of nitrogens with zero attached hydrogens (tertiary/aromatic N) is 2. The summed E-state index contributed by atoms with van der Waals surface area (Å²) in [6.45, 7) is 6.15. The van der Waals surface area contributed by atoms with Crippen molar-refractivity contribution in [1.29, 1.82) is 0 Å². The number of anilines is 2. The highest BCUT2D eigenvalue weighted by Gasteiger charge is 2.27. The molecule has 2 aliphatic heterocycles. The lowest BCUT2D eigenvalue weighted by Gasteiger charge is -2.35. The fourth-order valence-electron chi connectivity index (χ4n) is 3.74. The number of likely N-dealkylation sites (tertiary alicyclic amines) is 1. The van der Waals surface area contributed by atoms with Gasteiger partial charge in [0.2, 0.25) is 5.91 Å². The maximum absolute atomic E-state index is 12.5. The van der Waals surface area contributed by atoms with Crippen LogP contribution in [0.1, 0.15) is 32.6 Å². The number of carbonyl (C=O) groups excluding carboxylic acids is 1. The van der Waals surface area contributed by atoms with Gasteiger partial charge in [0.15, 0.2) is 0 Å². The highest BCUT2D eigenvalue weighted by atomic mass is 16.3. The molecule has 2 saturated heterocycles. The molecule has 5 nitrogen and oxygen atoms in total. The van der Waals surface area contributed by atoms with E-state index in [0.717, 1.165) is 44.7 Å². The lowest BCUT2D eigenvalue weighted by atomic mass is 9.97. The molecular formula is C19H29N3O2. The third kappa shape index (κ3) is 4.08. The van der Waals surface area contributed by atoms with Crippen molar-refractivity contribution < 1.29 is 9.90 Å². The number of carbonyl (C=O) groups is 1. The van der Waals surface area contributed by atoms with Crippen molar-refractivity contribution in [2.45, 2.75) is 38.6 Å². The standard InChI is InChI=1S/C19H29N3O2/c1-15(22-12-4-5-16(13-22)14-23)19(24)20-17-6-8-18(9-7-17)21-10-2-3-11-21/h6-9,15-16,23H,2-5,10-14H2,1H3,(H,20,24). The Bertz CT molecular complexity index is 540. The molecule has 2 N–H and O–H groups in total. The van der Waals surface area contributed by atoms with E-state index < -0.39 is 0 Å². The van der Waals surface area contributed by atoms with Crippen LogP contribution >= 0.6 is 0 Å². The quantitative estimate of drug-likeness (QED) is 0.869. The lowest BCUT2D eigenvalue weighted by molar-refractivity contribution is -0.121. The molecular weight excluding hydrogens is 302 g/mol. The molecule has 1 amide bonds. The second kappa shape index (κ2) is 7.99. The van der Waals surface area contributed by atoms with Crippen LogP contribution in [-0.2, 0) is 4.79 Å². The molecule has 0 aliphatic carbocycles. The zero-order valence-electron chi connectivity index (χ0n) is 14.6. The van der Waals surface area contributed by atoms with Crippen molar-refractivity contribution in [3.63, 3.8) is 0 Å². The fraction of sp³-hybridized carbons (Fsp3) is 0.632. The molecule has 0 saturated carbocycles. The third-order valence-corrected chi connectivity index (χ3v) is 5.34. The average Bonchev–Trinajstić information content (AvgIpc) is 3.16. The Labute approximate surface area is 144 Å². The van der Waals surface area contributed by atoms with Gasteiger partial charge in [-0.25, -0.2) is 0 Å². The second-order valence-corrected chi connectivity index (χ2v) is 7.09. The molecule has 2 fully saturated rings. The third-order valence-electron chi connectivity index (χ3n) is 5.34. The Morgan fingerprint density at radius 2 is 1.92 bits per heavy atom. The number of benzene rings is 1. The normalized spacial score (nSPS) is 23.2. The highest BCUT2D eigenvalue weighted by molar-refractivity contribution is 5.94. The SMILES string of the molecule is CC(C(=O)Nc1ccc(N2CCCC2)cc1)N1CCCC(CO)C1. The molecule has 0 bridgehead atoms. The van der Waals surface area contributed by atoms with E-state index in [1.807, 2.05) is 19.1 Å². The molecule has 0 aromatic heterocycles. The Morgan fingerprint density at radius 1 is 1.21 bits per heavy atom. The number of hydrogen-bond acceptors (Lipinski definition) is 4. The van der Waals surface area contributed by atoms with Gasteiger partial charge in [-0.3, -0.25) is 9.69 Å². The number of aliphatic hydroxyl groups excluding tert-OH is 1. The van der Waals surface area contributed by atoms with Gasteiger partial charge in [0.1, 0.15) is 0 Å². The van der Waals surface area contributed by atoms with Crippen LogP contribution in [0.25, 0.3) is 0 Å². The van der Waals surface area contributed by atoms with E-state index in [1.54, 1.807) is 0 Å². The summed E-state index contributed by atoms with van der Waals surface area (Å²) in [4.78, 5) is 17.1. The minimum atomic E-state index is -0.169. The summed E-state index contributed by atoms with van der Waals surface area (Å²) in [6.07, 6.45) is 4.63. The van der Waals surface area contributed by atoms with Crippen molar-refractivity contribution in [3.05, 3.63) is 24.3 Å². The zero-order valence-corrected chi connectivity index (χ0v) is 14.6. The van der Waals surface area contributed by atoms with Gasteiger partial charge in [-0.2, -0.15) is 0 Å². The maximum atomic E-state index is 12.5. The molecule has 5 heteroatoms. The van der Waals surface area contributed by atoms with Gasteiger partial charge in [-0.1, -0.05) is 0 Å². The van der Waals surface area contributed by atoms with Crippen LogP contribution in [0.2, 0.25) is 0 Å². The van der Waals surface area contributed by atoms with Gasteiger partial charge >= 0.3 is 0 Å². The molecule has 1 aromatic rings. The Hall–Kier alpha value is -1.59. The van der Waals surface area contributed by atoms with Crippen LogP contribution in [0.5, 0.6) is 0 Å². The van der Waals surface area contributed by atoms with Crippen LogP contribution in [0.15, 0.2) is 24.3 Å². The van der Waals surface area contributed by atoms with Crippen LogP contribution in [0.4, 0.5) is 11.4 Å². The van der Waals surface area contributed by atoms with Crippen LogP contribution < -0.4 is 10.2 Å². The first kappa shape index (κ1) is 17.2. The topological polar surface area (TPSA) is 55.8 Å². The number of amides is 1. The average molecular weight is 331 g/mol. The molecule has 24 heavy (non-hydrogen) atoms. The Balaban J connectivity index is 1.55. The predicted octanol–water partition coefficient (Wildman–Crippen LogP) is 2.32. The number of rotatable bonds is 5. The Morgan fingerprint density at radius 3 is 2.58 bits per heavy atom. The fourth-order valence-corrected chi connectivity index (χ4v) is 3.74. The van der Waals surface area contributed by atoms with Crippen molar-refractivity contribution in [2.75, 3.05) is 43.0 Å². The molecule has 2 unspecified atom stereocenters. The van der Waals surface area contributed by atoms with Crippen LogP contribution in [-0.4, -0.2) is 54.7 Å². The van der Waals surface area contributed by atoms with Crippen molar-refractivity contribution >= 4 is 17.3 Å². The van der Waals surface area contributed by atoms with Crippen molar-refractivity contribution in [1.82, 2.24) is 4.90 Å². The number of aliphatic hydroxyl groups is 1. The van der Waals surface area contributed by atoms with Crippen LogP contribution in [0.3, 0.4) is 0 Å². The minimum Gasteiger partial charge on any atom is -0.396 e. The molecule has 132 valence electrons. The second-order valence-electron chi connectivity index (χ2n) is 7.09. The first-order valence-electron chi connectivity index (χ1n) is 9.18. The largest absolute Gasteiger partial charge is 0.396 e. The van der Waals surface area contributed by atoms with Crippen molar-refractivity contribution in [3.8, 4) is 0 Å². The molecule has 0 radical (unpaired) electrons. The predicted molar refractivity (Wildman–Crippen MR) is 97.4 cm³/mol. The summed E-state index contributed by atoms with van der Waals surface area (Å²) >= 11 is 0. The van der Waals surface area contributed by atoms with Crippen molar-refractivity contribution in [2.24, 2.45) is 5.92 Å². The summed E-state index contributed by atoms with van der Waals surface area (Å²) in [5.41, 5.74) is 2.09. The first-order valence-corrected chi connectivity index (χ1v) is 9.18. The summed E-state index contributed by atoms with van der Waals surface area (Å²) in [5.74, 6) is 0.330. The van der Waals surface area contributed by atoms with E-state index in [-0.39, 0.29) is 18.6 Å². The summed E-state index contributed by atoms with van der Waals surface area (Å²) in [7, 11) is 0. The van der Waals surface area contributed by atoms with E-state index in [0.29, 0.717) is 5.92 Å². The van der Waals surface area contributed by atoms with E-state index in [4.69, 9.17) is 0 Å². The zero-order chi connectivity index (χ0) is 16.9. The van der Waals surface area contributed by atoms with Gasteiger partial charge < -0.3 is 15.3 Å². The van der Waals surface area contributed by atoms with E-state index in [9.17, 15) is 9.90 Å². The maximum Gasteiger partial charge on any atom is 0.241 e. The molecule has 2 heterocycles. The van der Waals surface area contributed by atoms with Gasteiger partial charge in [-0.15, -0.1) is 0 Å². The van der Waals surface area contributed by atoms with Gasteiger partial charge in [0, 0.05) is 37.6 Å². The number of piperidine rings is 1. The minimum absolute atomic E-state index is 0.0301. The molecule has 2 aliphatic rings. The molecule has 0 spiro atoms. The Kier molecular flexibility index (Phi) is 5.74. The number of hydrogen-bond donors (Lipinski definition) is 2.